The first-order valence-corrected chi connectivity index (χ1v) is 12.7. The van der Waals surface area contributed by atoms with Crippen LogP contribution in [0.3, 0.4) is 0 Å². The lowest BCUT2D eigenvalue weighted by molar-refractivity contribution is 0.0900. The number of rotatable bonds is 0. The molecule has 34 heavy (non-hydrogen) atoms. The quantitative estimate of drug-likeness (QED) is 0.234. The van der Waals surface area contributed by atoms with E-state index < -0.39 is 0 Å². The predicted octanol–water partition coefficient (Wildman–Crippen LogP) is 7.84. The maximum Gasteiger partial charge on any atom is 0.0512 e. The second-order valence-corrected chi connectivity index (χ2v) is 10.8. The Hall–Kier alpha value is -3.64. The van der Waals surface area contributed by atoms with Gasteiger partial charge >= 0.3 is 0 Å². The molecule has 1 spiro atoms. The Morgan fingerprint density at radius 3 is 2.21 bits per heavy atom. The Labute approximate surface area is 199 Å². The molecule has 5 atom stereocenters. The highest BCUT2D eigenvalue weighted by molar-refractivity contribution is 5.99. The maximum atomic E-state index is 2.46. The molecule has 4 aliphatic carbocycles. The molecule has 0 heteroatoms. The Kier molecular flexibility index (Phi) is 3.08. The lowest BCUT2D eigenvalue weighted by Crippen LogP contribution is -2.48. The number of hydrogen-bond donors (Lipinski definition) is 0. The molecule has 1 fully saturated rings. The summed E-state index contributed by atoms with van der Waals surface area (Å²) in [6.45, 7) is 0. The zero-order chi connectivity index (χ0) is 22.0. The van der Waals surface area contributed by atoms with Gasteiger partial charge in [0, 0.05) is 0 Å². The van der Waals surface area contributed by atoms with E-state index >= 15 is 0 Å². The lowest BCUT2D eigenvalue weighted by atomic mass is 9.49. The number of fused-ring (bicyclic) bond motifs is 17. The van der Waals surface area contributed by atoms with Gasteiger partial charge in [0.15, 0.2) is 0 Å². The molecule has 0 aromatic heterocycles. The Bertz CT molecular complexity index is 1670. The average Bonchev–Trinajstić information content (AvgIpc) is 3.45. The van der Waals surface area contributed by atoms with Crippen LogP contribution < -0.4 is 0 Å². The van der Waals surface area contributed by atoms with Crippen LogP contribution in [0.2, 0.25) is 0 Å². The van der Waals surface area contributed by atoms with E-state index in [1.165, 1.54) is 33.9 Å². The van der Waals surface area contributed by atoms with Gasteiger partial charge in [0.1, 0.15) is 0 Å². The van der Waals surface area contributed by atoms with Crippen molar-refractivity contribution in [2.45, 2.75) is 23.7 Å². The zero-order valence-corrected chi connectivity index (χ0v) is 18.9. The average molecular weight is 433 g/mol. The molecule has 0 bridgehead atoms. The Morgan fingerprint density at radius 1 is 0.559 bits per heavy atom. The van der Waals surface area contributed by atoms with Gasteiger partial charge in [-0.3, -0.25) is 0 Å². The monoisotopic (exact) mass is 432 g/mol. The van der Waals surface area contributed by atoms with Crippen molar-refractivity contribution in [1.82, 2.24) is 0 Å². The minimum absolute atomic E-state index is 0.0767. The van der Waals surface area contributed by atoms with Crippen molar-refractivity contribution in [2.24, 2.45) is 11.8 Å². The van der Waals surface area contributed by atoms with Crippen LogP contribution in [0, 0.1) is 11.8 Å². The smallest absolute Gasteiger partial charge is 0.0512 e. The van der Waals surface area contributed by atoms with Gasteiger partial charge in [0.25, 0.3) is 0 Å². The minimum atomic E-state index is -0.0767. The van der Waals surface area contributed by atoms with E-state index in [2.05, 4.69) is 109 Å². The Balaban J connectivity index is 1.46. The zero-order valence-electron chi connectivity index (χ0n) is 18.9. The van der Waals surface area contributed by atoms with Gasteiger partial charge in [-0.25, -0.2) is 0 Å². The van der Waals surface area contributed by atoms with Crippen molar-refractivity contribution in [3.8, 4) is 11.1 Å². The van der Waals surface area contributed by atoms with Gasteiger partial charge in [-0.1, -0.05) is 109 Å². The second-order valence-electron chi connectivity index (χ2n) is 10.8. The van der Waals surface area contributed by atoms with E-state index in [4.69, 9.17) is 0 Å². The predicted molar refractivity (Wildman–Crippen MR) is 138 cm³/mol. The molecule has 5 aromatic rings. The van der Waals surface area contributed by atoms with E-state index in [1.54, 1.807) is 27.8 Å². The van der Waals surface area contributed by atoms with E-state index in [1.807, 2.05) is 0 Å². The molecule has 1 saturated carbocycles. The van der Waals surface area contributed by atoms with Gasteiger partial charge in [-0.2, -0.15) is 0 Å². The summed E-state index contributed by atoms with van der Waals surface area (Å²) < 4.78 is 0. The molecule has 0 heterocycles. The highest BCUT2D eigenvalue weighted by atomic mass is 14.7. The normalized spacial score (nSPS) is 28.6. The summed E-state index contributed by atoms with van der Waals surface area (Å²) in [6, 6.07) is 41.9. The first-order chi connectivity index (χ1) is 16.9. The molecule has 0 aliphatic heterocycles. The van der Waals surface area contributed by atoms with Crippen molar-refractivity contribution in [3.63, 3.8) is 0 Å². The van der Waals surface area contributed by atoms with E-state index in [0.717, 1.165) is 5.92 Å². The van der Waals surface area contributed by atoms with Gasteiger partial charge in [-0.05, 0) is 85.4 Å². The minimum Gasteiger partial charge on any atom is -0.0620 e. The Morgan fingerprint density at radius 2 is 1.26 bits per heavy atom. The molecular weight excluding hydrogens is 408 g/mol. The van der Waals surface area contributed by atoms with Crippen LogP contribution in [-0.2, 0) is 11.8 Å². The molecule has 0 saturated heterocycles. The molecule has 0 radical (unpaired) electrons. The van der Waals surface area contributed by atoms with Crippen LogP contribution in [0.5, 0.6) is 0 Å². The lowest BCUT2D eigenvalue weighted by Gasteiger charge is -2.53. The number of benzene rings is 5. The van der Waals surface area contributed by atoms with Crippen molar-refractivity contribution in [3.05, 3.63) is 143 Å². The molecule has 4 aliphatic rings. The van der Waals surface area contributed by atoms with E-state index in [0.29, 0.717) is 17.8 Å². The van der Waals surface area contributed by atoms with Crippen LogP contribution in [0.15, 0.2) is 109 Å². The second kappa shape index (κ2) is 5.88. The molecule has 0 nitrogen and oxygen atoms in total. The van der Waals surface area contributed by atoms with Gasteiger partial charge < -0.3 is 0 Å². The van der Waals surface area contributed by atoms with Crippen LogP contribution in [-0.4, -0.2) is 0 Å². The first-order valence-electron chi connectivity index (χ1n) is 12.7. The van der Waals surface area contributed by atoms with E-state index in [-0.39, 0.29) is 5.41 Å². The van der Waals surface area contributed by atoms with Crippen molar-refractivity contribution >= 4 is 10.8 Å². The molecule has 160 valence electrons. The summed E-state index contributed by atoms with van der Waals surface area (Å²) in [6.07, 6.45) is 1.23. The van der Waals surface area contributed by atoms with Gasteiger partial charge in [0.05, 0.1) is 5.41 Å². The van der Waals surface area contributed by atoms with Crippen LogP contribution in [0.4, 0.5) is 0 Å². The third kappa shape index (κ3) is 1.78. The molecule has 9 rings (SSSR count). The molecule has 2 unspecified atom stereocenters. The summed E-state index contributed by atoms with van der Waals surface area (Å²) in [7, 11) is 0. The topological polar surface area (TPSA) is 0 Å². The highest BCUT2D eigenvalue weighted by Gasteiger charge is 2.70. The van der Waals surface area contributed by atoms with Gasteiger partial charge in [-0.15, -0.1) is 0 Å². The molecule has 0 N–H and O–H groups in total. The van der Waals surface area contributed by atoms with Crippen LogP contribution in [0.1, 0.15) is 45.2 Å². The third-order valence-corrected chi connectivity index (χ3v) is 9.78. The van der Waals surface area contributed by atoms with Crippen molar-refractivity contribution in [1.29, 1.82) is 0 Å². The van der Waals surface area contributed by atoms with Crippen LogP contribution >= 0.6 is 0 Å². The summed E-state index contributed by atoms with van der Waals surface area (Å²) in [5.74, 6) is 2.57. The largest absolute Gasteiger partial charge is 0.0620 e. The molecular formula is C34H24. The van der Waals surface area contributed by atoms with Gasteiger partial charge in [0.2, 0.25) is 0 Å². The number of hydrogen-bond acceptors (Lipinski definition) is 0. The van der Waals surface area contributed by atoms with Crippen molar-refractivity contribution in [2.75, 3.05) is 0 Å². The maximum absolute atomic E-state index is 2.46. The fourth-order valence-corrected chi connectivity index (χ4v) is 8.84. The summed E-state index contributed by atoms with van der Waals surface area (Å²) in [4.78, 5) is 0. The molecule has 0 amide bonds. The third-order valence-electron chi connectivity index (χ3n) is 9.78. The SMILES string of the molecule is c1ccc2c(c1)C[C@H]1C3c4ccccc4C4(c5ccccc5-c5ccc6ccccc6c54)[C@H]3[C@@H]21. The summed E-state index contributed by atoms with van der Waals surface area (Å²) in [5, 5.41) is 2.79. The first kappa shape index (κ1) is 17.8. The van der Waals surface area contributed by atoms with Crippen LogP contribution in [0.25, 0.3) is 21.9 Å². The fraction of sp³-hybridized carbons (Fsp3) is 0.176. The van der Waals surface area contributed by atoms with Crippen molar-refractivity contribution < 1.29 is 0 Å². The van der Waals surface area contributed by atoms with E-state index in [9.17, 15) is 0 Å². The standard InChI is InChI=1S/C34H24/c1-4-12-23-20(9-1)17-18-25-24-13-5-7-15-28(24)34(32(23)25)29-16-8-6-14-26(29)31-27-19-21-10-2-3-11-22(21)30(27)33(31)34/h1-18,27,30-31,33H,19H2/t27-,30+,31?,33+,34?/m1/s1. The summed E-state index contributed by atoms with van der Waals surface area (Å²) >= 11 is 0. The fourth-order valence-electron chi connectivity index (χ4n) is 8.84. The highest BCUT2D eigenvalue weighted by Crippen LogP contribution is 2.77. The molecule has 5 aromatic carbocycles. The summed E-state index contributed by atoms with van der Waals surface area (Å²) in [5.41, 5.74) is 12.3.